The van der Waals surface area contributed by atoms with Gasteiger partial charge in [-0.25, -0.2) is 4.79 Å². The van der Waals surface area contributed by atoms with Crippen molar-refractivity contribution in [2.45, 2.75) is 32.5 Å². The number of anilines is 1. The Morgan fingerprint density at radius 1 is 1.53 bits per heavy atom. The highest BCUT2D eigenvalue weighted by atomic mass is 32.1. The van der Waals surface area contributed by atoms with Crippen molar-refractivity contribution in [3.63, 3.8) is 0 Å². The fraction of sp³-hybridized carbons (Fsp3) is 0.727. The van der Waals surface area contributed by atoms with Gasteiger partial charge in [-0.1, -0.05) is 11.3 Å². The first-order chi connectivity index (χ1) is 8.85. The van der Waals surface area contributed by atoms with Crippen LogP contribution in [0.1, 0.15) is 31.9 Å². The molecule has 0 bridgehead atoms. The fourth-order valence-corrected chi connectivity index (χ4v) is 2.32. The number of carbonyl (C=O) groups is 1. The number of amides is 1. The first-order valence-corrected chi connectivity index (χ1v) is 6.85. The number of carbonyl (C=O) groups excluding carboxylic acids is 1. The fourth-order valence-electron chi connectivity index (χ4n) is 1.67. The monoisotopic (exact) mass is 286 g/mol. The second-order valence-corrected chi connectivity index (χ2v) is 6.31. The molecule has 2 heterocycles. The predicted octanol–water partition coefficient (Wildman–Crippen LogP) is 1.43. The van der Waals surface area contributed by atoms with E-state index in [1.807, 2.05) is 20.8 Å². The number of aromatic nitrogens is 2. The molecule has 1 saturated heterocycles. The molecule has 106 valence electrons. The summed E-state index contributed by atoms with van der Waals surface area (Å²) < 4.78 is 10.9. The first kappa shape index (κ1) is 14.0. The van der Waals surface area contributed by atoms with Gasteiger partial charge in [0.15, 0.2) is 0 Å². The Bertz CT molecular complexity index is 457. The predicted molar refractivity (Wildman–Crippen MR) is 70.8 cm³/mol. The number of rotatable bonds is 1. The summed E-state index contributed by atoms with van der Waals surface area (Å²) in [6, 6.07) is 0. The summed E-state index contributed by atoms with van der Waals surface area (Å²) in [5, 5.41) is 8.78. The third-order valence-electron chi connectivity index (χ3n) is 2.45. The normalized spacial score (nSPS) is 20.4. The highest BCUT2D eigenvalue weighted by Crippen LogP contribution is 2.26. The lowest BCUT2D eigenvalue weighted by Gasteiger charge is -2.33. The molecule has 1 aliphatic heterocycles. The van der Waals surface area contributed by atoms with Gasteiger partial charge in [0.25, 0.3) is 0 Å². The summed E-state index contributed by atoms with van der Waals surface area (Å²) in [5.74, 6) is 0. The second-order valence-electron chi connectivity index (χ2n) is 5.26. The third kappa shape index (κ3) is 3.77. The Hall–Kier alpha value is -1.41. The standard InChI is InChI=1S/C11H18N4O3S/c1-11(2,3)18-10(16)15-4-5-17-7(6-15)8-13-14-9(12)19-8/h7H,4-6H2,1-3H3,(H2,12,14)/t7-/m1/s1. The quantitative estimate of drug-likeness (QED) is 0.839. The molecule has 0 spiro atoms. The Kier molecular flexibility index (Phi) is 3.91. The molecule has 0 aliphatic carbocycles. The minimum atomic E-state index is -0.502. The first-order valence-electron chi connectivity index (χ1n) is 6.03. The molecule has 8 heteroatoms. The maximum absolute atomic E-state index is 12.0. The average molecular weight is 286 g/mol. The van der Waals surface area contributed by atoms with Crippen LogP contribution in [-0.4, -0.2) is 46.5 Å². The van der Waals surface area contributed by atoms with Crippen molar-refractivity contribution in [2.75, 3.05) is 25.4 Å². The largest absolute Gasteiger partial charge is 0.444 e. The van der Waals surface area contributed by atoms with E-state index in [9.17, 15) is 4.79 Å². The maximum atomic E-state index is 12.0. The van der Waals surface area contributed by atoms with Gasteiger partial charge in [0.1, 0.15) is 16.7 Å². The van der Waals surface area contributed by atoms with Crippen LogP contribution in [0, 0.1) is 0 Å². The highest BCUT2D eigenvalue weighted by Gasteiger charge is 2.30. The summed E-state index contributed by atoms with van der Waals surface area (Å²) in [4.78, 5) is 13.6. The van der Waals surface area contributed by atoms with E-state index >= 15 is 0 Å². The number of nitrogen functional groups attached to an aromatic ring is 1. The van der Waals surface area contributed by atoms with Crippen LogP contribution in [0.25, 0.3) is 0 Å². The van der Waals surface area contributed by atoms with Crippen LogP contribution in [0.3, 0.4) is 0 Å². The van der Waals surface area contributed by atoms with Crippen LogP contribution in [-0.2, 0) is 9.47 Å². The molecule has 1 amide bonds. The number of hydrogen-bond donors (Lipinski definition) is 1. The number of nitrogens with two attached hydrogens (primary N) is 1. The summed E-state index contributed by atoms with van der Waals surface area (Å²) in [6.45, 7) is 6.89. The summed E-state index contributed by atoms with van der Waals surface area (Å²) in [6.07, 6.45) is -0.616. The van der Waals surface area contributed by atoms with Crippen LogP contribution in [0.5, 0.6) is 0 Å². The molecule has 7 nitrogen and oxygen atoms in total. The van der Waals surface area contributed by atoms with E-state index in [4.69, 9.17) is 15.2 Å². The highest BCUT2D eigenvalue weighted by molar-refractivity contribution is 7.15. The molecule has 0 aromatic carbocycles. The average Bonchev–Trinajstić information content (AvgIpc) is 2.74. The van der Waals surface area contributed by atoms with E-state index in [1.165, 1.54) is 11.3 Å². The zero-order valence-electron chi connectivity index (χ0n) is 11.3. The van der Waals surface area contributed by atoms with Crippen LogP contribution >= 0.6 is 11.3 Å². The summed E-state index contributed by atoms with van der Waals surface area (Å²) in [7, 11) is 0. The maximum Gasteiger partial charge on any atom is 0.410 e. The Labute approximate surface area is 115 Å². The van der Waals surface area contributed by atoms with E-state index < -0.39 is 5.60 Å². The van der Waals surface area contributed by atoms with Crippen LogP contribution in [0.4, 0.5) is 9.93 Å². The van der Waals surface area contributed by atoms with Gasteiger partial charge in [0.05, 0.1) is 13.2 Å². The van der Waals surface area contributed by atoms with E-state index in [-0.39, 0.29) is 12.2 Å². The molecule has 1 atom stereocenters. The Morgan fingerprint density at radius 3 is 2.84 bits per heavy atom. The smallest absolute Gasteiger partial charge is 0.410 e. The molecule has 1 aromatic heterocycles. The molecule has 2 N–H and O–H groups in total. The Balaban J connectivity index is 1.99. The molecule has 1 aromatic rings. The van der Waals surface area contributed by atoms with Gasteiger partial charge in [0.2, 0.25) is 5.13 Å². The van der Waals surface area contributed by atoms with Gasteiger partial charge < -0.3 is 20.1 Å². The summed E-state index contributed by atoms with van der Waals surface area (Å²) >= 11 is 1.27. The zero-order valence-corrected chi connectivity index (χ0v) is 12.1. The molecule has 0 saturated carbocycles. The molecule has 19 heavy (non-hydrogen) atoms. The molecular weight excluding hydrogens is 268 g/mol. The van der Waals surface area contributed by atoms with E-state index in [0.29, 0.717) is 29.8 Å². The molecule has 2 rings (SSSR count). The van der Waals surface area contributed by atoms with Crippen molar-refractivity contribution < 1.29 is 14.3 Å². The third-order valence-corrected chi connectivity index (χ3v) is 3.29. The molecule has 1 aliphatic rings. The SMILES string of the molecule is CC(C)(C)OC(=O)N1CCO[C@@H](c2nnc(N)s2)C1. The lowest BCUT2D eigenvalue weighted by molar-refractivity contribution is -0.0435. The minimum Gasteiger partial charge on any atom is -0.444 e. The molecule has 0 unspecified atom stereocenters. The van der Waals surface area contributed by atoms with Gasteiger partial charge >= 0.3 is 6.09 Å². The lowest BCUT2D eigenvalue weighted by atomic mass is 10.2. The van der Waals surface area contributed by atoms with Gasteiger partial charge in [-0.05, 0) is 20.8 Å². The van der Waals surface area contributed by atoms with Crippen molar-refractivity contribution in [3.8, 4) is 0 Å². The number of ether oxygens (including phenoxy) is 2. The van der Waals surface area contributed by atoms with Crippen LogP contribution in [0.15, 0.2) is 0 Å². The second kappa shape index (κ2) is 5.30. The van der Waals surface area contributed by atoms with Gasteiger partial charge in [-0.15, -0.1) is 10.2 Å². The van der Waals surface area contributed by atoms with Crippen molar-refractivity contribution in [1.29, 1.82) is 0 Å². The summed E-state index contributed by atoms with van der Waals surface area (Å²) in [5.41, 5.74) is 5.05. The van der Waals surface area contributed by atoms with E-state index in [0.717, 1.165) is 0 Å². The number of morpholine rings is 1. The van der Waals surface area contributed by atoms with Gasteiger partial charge in [-0.3, -0.25) is 0 Å². The number of hydrogen-bond acceptors (Lipinski definition) is 7. The van der Waals surface area contributed by atoms with Crippen LogP contribution in [0.2, 0.25) is 0 Å². The van der Waals surface area contributed by atoms with Crippen LogP contribution < -0.4 is 5.73 Å². The molecular formula is C11H18N4O3S. The number of nitrogens with zero attached hydrogens (tertiary/aromatic N) is 3. The van der Waals surface area contributed by atoms with Crippen molar-refractivity contribution in [1.82, 2.24) is 15.1 Å². The minimum absolute atomic E-state index is 0.281. The van der Waals surface area contributed by atoms with Crippen molar-refractivity contribution >= 4 is 22.6 Å². The van der Waals surface area contributed by atoms with Gasteiger partial charge in [0, 0.05) is 6.54 Å². The molecule has 0 radical (unpaired) electrons. The van der Waals surface area contributed by atoms with E-state index in [1.54, 1.807) is 4.90 Å². The topological polar surface area (TPSA) is 90.6 Å². The van der Waals surface area contributed by atoms with Crippen molar-refractivity contribution in [2.24, 2.45) is 0 Å². The van der Waals surface area contributed by atoms with E-state index in [2.05, 4.69) is 10.2 Å². The molecule has 1 fully saturated rings. The van der Waals surface area contributed by atoms with Gasteiger partial charge in [-0.2, -0.15) is 0 Å². The Morgan fingerprint density at radius 2 is 2.26 bits per heavy atom. The zero-order chi connectivity index (χ0) is 14.0. The lowest BCUT2D eigenvalue weighted by Crippen LogP contribution is -2.44. The van der Waals surface area contributed by atoms with Crippen molar-refractivity contribution in [3.05, 3.63) is 5.01 Å².